The highest BCUT2D eigenvalue weighted by Gasteiger charge is 2.07. The van der Waals surface area contributed by atoms with Gasteiger partial charge in [-0.25, -0.2) is 9.18 Å². The Hall–Kier alpha value is -1.87. The summed E-state index contributed by atoms with van der Waals surface area (Å²) >= 11 is 5.79. The van der Waals surface area contributed by atoms with Crippen LogP contribution < -0.4 is 0 Å². The molecule has 0 spiro atoms. The SMILES string of the molecule is O=C(OCCc1ccc(F)cc1)c1cccc(Cl)c1. The first-order chi connectivity index (χ1) is 9.15. The van der Waals surface area contributed by atoms with E-state index in [1.165, 1.54) is 12.1 Å². The maximum absolute atomic E-state index is 12.7. The van der Waals surface area contributed by atoms with Crippen LogP contribution in [0.4, 0.5) is 4.39 Å². The molecule has 0 saturated carbocycles. The number of halogens is 2. The van der Waals surface area contributed by atoms with E-state index in [4.69, 9.17) is 16.3 Å². The van der Waals surface area contributed by atoms with Crippen molar-refractivity contribution in [2.24, 2.45) is 0 Å². The van der Waals surface area contributed by atoms with E-state index in [1.807, 2.05) is 0 Å². The summed E-state index contributed by atoms with van der Waals surface area (Å²) in [6, 6.07) is 12.7. The van der Waals surface area contributed by atoms with Crippen molar-refractivity contribution in [1.82, 2.24) is 0 Å². The Kier molecular flexibility index (Phi) is 4.53. The van der Waals surface area contributed by atoms with Gasteiger partial charge in [-0.15, -0.1) is 0 Å². The molecule has 0 atom stereocenters. The summed E-state index contributed by atoms with van der Waals surface area (Å²) in [5.41, 5.74) is 1.34. The number of carbonyl (C=O) groups is 1. The third kappa shape index (κ3) is 4.07. The van der Waals surface area contributed by atoms with Crippen molar-refractivity contribution >= 4 is 17.6 Å². The Morgan fingerprint density at radius 3 is 2.58 bits per heavy atom. The van der Waals surface area contributed by atoms with Crippen molar-refractivity contribution in [3.05, 3.63) is 70.5 Å². The first-order valence-corrected chi connectivity index (χ1v) is 6.20. The monoisotopic (exact) mass is 278 g/mol. The van der Waals surface area contributed by atoms with Crippen LogP contribution in [-0.4, -0.2) is 12.6 Å². The molecule has 2 aromatic rings. The van der Waals surface area contributed by atoms with E-state index in [0.29, 0.717) is 17.0 Å². The first kappa shape index (κ1) is 13.6. The minimum absolute atomic E-state index is 0.247. The lowest BCUT2D eigenvalue weighted by atomic mass is 10.1. The van der Waals surface area contributed by atoms with Crippen LogP contribution in [0.2, 0.25) is 5.02 Å². The highest BCUT2D eigenvalue weighted by molar-refractivity contribution is 6.30. The Bertz CT molecular complexity index is 567. The zero-order chi connectivity index (χ0) is 13.7. The zero-order valence-corrected chi connectivity index (χ0v) is 10.9. The van der Waals surface area contributed by atoms with E-state index in [2.05, 4.69) is 0 Å². The van der Waals surface area contributed by atoms with Gasteiger partial charge in [0.15, 0.2) is 0 Å². The summed E-state index contributed by atoms with van der Waals surface area (Å²) in [6.45, 7) is 0.247. The van der Waals surface area contributed by atoms with Crippen molar-refractivity contribution in [3.8, 4) is 0 Å². The standard InChI is InChI=1S/C15H12ClFO2/c16-13-3-1-2-12(10-13)15(18)19-9-8-11-4-6-14(17)7-5-11/h1-7,10H,8-9H2. The molecule has 0 aliphatic heterocycles. The summed E-state index contributed by atoms with van der Waals surface area (Å²) in [5, 5.41) is 0.494. The number of hydrogen-bond donors (Lipinski definition) is 0. The second kappa shape index (κ2) is 6.34. The molecule has 0 heterocycles. The third-order valence-electron chi connectivity index (χ3n) is 2.60. The topological polar surface area (TPSA) is 26.3 Å². The molecule has 4 heteroatoms. The maximum atomic E-state index is 12.7. The van der Waals surface area contributed by atoms with E-state index >= 15 is 0 Å². The Morgan fingerprint density at radius 2 is 1.89 bits per heavy atom. The molecule has 0 aromatic heterocycles. The van der Waals surface area contributed by atoms with Gasteiger partial charge in [0.25, 0.3) is 0 Å². The third-order valence-corrected chi connectivity index (χ3v) is 2.83. The van der Waals surface area contributed by atoms with Gasteiger partial charge in [-0.1, -0.05) is 29.8 Å². The van der Waals surface area contributed by atoms with E-state index in [1.54, 1.807) is 36.4 Å². The van der Waals surface area contributed by atoms with Crippen LogP contribution in [0.15, 0.2) is 48.5 Å². The van der Waals surface area contributed by atoms with Crippen molar-refractivity contribution in [2.45, 2.75) is 6.42 Å². The molecule has 98 valence electrons. The van der Waals surface area contributed by atoms with Gasteiger partial charge in [0.1, 0.15) is 5.82 Å². The molecular formula is C15H12ClFO2. The minimum Gasteiger partial charge on any atom is -0.462 e. The molecule has 2 nitrogen and oxygen atoms in total. The fraction of sp³-hybridized carbons (Fsp3) is 0.133. The molecule has 0 radical (unpaired) electrons. The molecule has 0 amide bonds. The van der Waals surface area contributed by atoms with Gasteiger partial charge in [-0.2, -0.15) is 0 Å². The molecule has 0 unspecified atom stereocenters. The van der Waals surface area contributed by atoms with E-state index in [9.17, 15) is 9.18 Å². The molecule has 0 aliphatic carbocycles. The van der Waals surface area contributed by atoms with Gasteiger partial charge >= 0.3 is 5.97 Å². The Balaban J connectivity index is 1.86. The van der Waals surface area contributed by atoms with E-state index in [-0.39, 0.29) is 12.4 Å². The van der Waals surface area contributed by atoms with Crippen molar-refractivity contribution in [2.75, 3.05) is 6.61 Å². The van der Waals surface area contributed by atoms with Gasteiger partial charge in [0.05, 0.1) is 12.2 Å². The van der Waals surface area contributed by atoms with Gasteiger partial charge in [-0.05, 0) is 35.9 Å². The fourth-order valence-electron chi connectivity index (χ4n) is 1.61. The summed E-state index contributed by atoms with van der Waals surface area (Å²) < 4.78 is 17.8. The number of benzene rings is 2. The maximum Gasteiger partial charge on any atom is 0.338 e. The summed E-state index contributed by atoms with van der Waals surface area (Å²) in [6.07, 6.45) is 0.548. The van der Waals surface area contributed by atoms with Crippen LogP contribution in [0, 0.1) is 5.82 Å². The average Bonchev–Trinajstić information content (AvgIpc) is 2.41. The Labute approximate surface area is 115 Å². The number of esters is 1. The van der Waals surface area contributed by atoms with Gasteiger partial charge in [-0.3, -0.25) is 0 Å². The highest BCUT2D eigenvalue weighted by atomic mass is 35.5. The molecule has 19 heavy (non-hydrogen) atoms. The second-order valence-corrected chi connectivity index (χ2v) is 4.46. The van der Waals surface area contributed by atoms with E-state index in [0.717, 1.165) is 5.56 Å². The van der Waals surface area contributed by atoms with Crippen molar-refractivity contribution in [1.29, 1.82) is 0 Å². The van der Waals surface area contributed by atoms with Crippen LogP contribution in [0.3, 0.4) is 0 Å². The highest BCUT2D eigenvalue weighted by Crippen LogP contribution is 2.12. The second-order valence-electron chi connectivity index (χ2n) is 4.02. The fourth-order valence-corrected chi connectivity index (χ4v) is 1.80. The van der Waals surface area contributed by atoms with Crippen molar-refractivity contribution < 1.29 is 13.9 Å². The number of carbonyl (C=O) groups excluding carboxylic acids is 1. The largest absolute Gasteiger partial charge is 0.462 e. The molecule has 0 N–H and O–H groups in total. The quantitative estimate of drug-likeness (QED) is 0.794. The van der Waals surface area contributed by atoms with Gasteiger partial charge in [0, 0.05) is 11.4 Å². The van der Waals surface area contributed by atoms with Crippen LogP contribution >= 0.6 is 11.6 Å². The number of rotatable bonds is 4. The molecule has 2 rings (SSSR count). The molecular weight excluding hydrogens is 267 g/mol. The first-order valence-electron chi connectivity index (χ1n) is 5.82. The lowest BCUT2D eigenvalue weighted by molar-refractivity contribution is 0.0509. The predicted octanol–water partition coefficient (Wildman–Crippen LogP) is 3.88. The molecule has 2 aromatic carbocycles. The summed E-state index contributed by atoms with van der Waals surface area (Å²) in [4.78, 5) is 11.7. The smallest absolute Gasteiger partial charge is 0.338 e. The van der Waals surface area contributed by atoms with Gasteiger partial charge in [0.2, 0.25) is 0 Å². The van der Waals surface area contributed by atoms with E-state index < -0.39 is 5.97 Å². The predicted molar refractivity (Wildman–Crippen MR) is 71.8 cm³/mol. The molecule has 0 aliphatic rings. The van der Waals surface area contributed by atoms with Crippen molar-refractivity contribution in [3.63, 3.8) is 0 Å². The minimum atomic E-state index is -0.412. The molecule has 0 fully saturated rings. The number of ether oxygens (including phenoxy) is 1. The zero-order valence-electron chi connectivity index (χ0n) is 10.1. The summed E-state index contributed by atoms with van der Waals surface area (Å²) in [7, 11) is 0. The molecule has 0 saturated heterocycles. The summed E-state index contributed by atoms with van der Waals surface area (Å²) in [5.74, 6) is -0.690. The van der Waals surface area contributed by atoms with Crippen LogP contribution in [0.25, 0.3) is 0 Å². The van der Waals surface area contributed by atoms with Crippen LogP contribution in [-0.2, 0) is 11.2 Å². The molecule has 0 bridgehead atoms. The lowest BCUT2D eigenvalue weighted by Crippen LogP contribution is -2.08. The average molecular weight is 279 g/mol. The number of hydrogen-bond acceptors (Lipinski definition) is 2. The normalized spacial score (nSPS) is 10.2. The Morgan fingerprint density at radius 1 is 1.16 bits per heavy atom. The lowest BCUT2D eigenvalue weighted by Gasteiger charge is -2.05. The van der Waals surface area contributed by atoms with Crippen LogP contribution in [0.5, 0.6) is 0 Å². The van der Waals surface area contributed by atoms with Gasteiger partial charge < -0.3 is 4.74 Å². The van der Waals surface area contributed by atoms with Crippen LogP contribution in [0.1, 0.15) is 15.9 Å².